The highest BCUT2D eigenvalue weighted by Crippen LogP contribution is 2.29. The van der Waals surface area contributed by atoms with Crippen LogP contribution in [0.3, 0.4) is 0 Å². The second-order valence-corrected chi connectivity index (χ2v) is 5.34. The monoisotopic (exact) mass is 300 g/mol. The van der Waals surface area contributed by atoms with Crippen molar-refractivity contribution in [3.63, 3.8) is 0 Å². The summed E-state index contributed by atoms with van der Waals surface area (Å²) >= 11 is 5.94. The van der Waals surface area contributed by atoms with Gasteiger partial charge in [0.15, 0.2) is 0 Å². The van der Waals surface area contributed by atoms with E-state index in [4.69, 9.17) is 21.3 Å². The number of para-hydroxylation sites is 2. The topological polar surface area (TPSA) is 27.1 Å². The molecule has 108 valence electrons. The maximum absolute atomic E-state index is 5.94. The van der Waals surface area contributed by atoms with Crippen molar-refractivity contribution in [2.45, 2.75) is 13.3 Å². The van der Waals surface area contributed by atoms with E-state index in [0.717, 1.165) is 28.3 Å². The molecule has 0 bridgehead atoms. The van der Waals surface area contributed by atoms with Gasteiger partial charge in [-0.15, -0.1) is 11.6 Å². The van der Waals surface area contributed by atoms with E-state index in [0.29, 0.717) is 12.3 Å². The highest BCUT2D eigenvalue weighted by Gasteiger charge is 2.15. The van der Waals surface area contributed by atoms with Crippen LogP contribution in [0, 0.1) is 6.92 Å². The second kappa shape index (κ2) is 5.78. The van der Waals surface area contributed by atoms with Gasteiger partial charge in [0.1, 0.15) is 11.6 Å². The van der Waals surface area contributed by atoms with Gasteiger partial charge in [0, 0.05) is 12.3 Å². The Balaban J connectivity index is 2.32. The van der Waals surface area contributed by atoms with E-state index in [-0.39, 0.29) is 0 Å². The van der Waals surface area contributed by atoms with E-state index in [2.05, 4.69) is 23.6 Å². The molecule has 0 spiro atoms. The molecule has 0 aliphatic rings. The van der Waals surface area contributed by atoms with E-state index in [1.165, 1.54) is 5.56 Å². The minimum atomic E-state index is 0.539. The predicted octanol–water partition coefficient (Wildman–Crippen LogP) is 4.12. The lowest BCUT2D eigenvalue weighted by Crippen LogP contribution is -2.04. The molecule has 0 saturated carbocycles. The maximum Gasteiger partial charge on any atom is 0.142 e. The SMILES string of the molecule is COc1ccccc1-n1c(CCCl)nc2ccc(C)cc21. The molecule has 1 heterocycles. The van der Waals surface area contributed by atoms with Crippen LogP contribution < -0.4 is 4.74 Å². The number of ether oxygens (including phenoxy) is 1. The van der Waals surface area contributed by atoms with Crippen LogP contribution in [0.5, 0.6) is 5.75 Å². The molecule has 2 aromatic carbocycles. The number of hydrogen-bond acceptors (Lipinski definition) is 2. The first kappa shape index (κ1) is 14.0. The molecular weight excluding hydrogens is 284 g/mol. The number of hydrogen-bond donors (Lipinski definition) is 0. The molecule has 4 heteroatoms. The molecule has 0 amide bonds. The largest absolute Gasteiger partial charge is 0.495 e. The summed E-state index contributed by atoms with van der Waals surface area (Å²) in [6.45, 7) is 2.08. The minimum Gasteiger partial charge on any atom is -0.495 e. The van der Waals surface area contributed by atoms with Gasteiger partial charge < -0.3 is 4.74 Å². The van der Waals surface area contributed by atoms with E-state index in [9.17, 15) is 0 Å². The first-order chi connectivity index (χ1) is 10.2. The molecule has 0 fully saturated rings. The molecule has 1 aromatic heterocycles. The molecule has 0 aliphatic carbocycles. The summed E-state index contributed by atoms with van der Waals surface area (Å²) in [5.74, 6) is 2.32. The summed E-state index contributed by atoms with van der Waals surface area (Å²) in [6, 6.07) is 14.2. The standard InChI is InChI=1S/C17H17ClN2O/c1-12-7-8-13-15(11-12)20(17(19-13)9-10-18)14-5-3-4-6-16(14)21-2/h3-8,11H,9-10H2,1-2H3. The summed E-state index contributed by atoms with van der Waals surface area (Å²) in [7, 11) is 1.68. The number of nitrogens with zero attached hydrogens (tertiary/aromatic N) is 2. The van der Waals surface area contributed by atoms with Crippen LogP contribution in [0.2, 0.25) is 0 Å². The number of fused-ring (bicyclic) bond motifs is 1. The smallest absolute Gasteiger partial charge is 0.142 e. The molecule has 0 saturated heterocycles. The lowest BCUT2D eigenvalue weighted by molar-refractivity contribution is 0.413. The lowest BCUT2D eigenvalue weighted by Gasteiger charge is -2.13. The van der Waals surface area contributed by atoms with Crippen molar-refractivity contribution in [3.05, 3.63) is 53.9 Å². The summed E-state index contributed by atoms with van der Waals surface area (Å²) < 4.78 is 7.64. The summed E-state index contributed by atoms with van der Waals surface area (Å²) in [4.78, 5) is 4.72. The van der Waals surface area contributed by atoms with E-state index in [1.54, 1.807) is 7.11 Å². The average molecular weight is 301 g/mol. The van der Waals surface area contributed by atoms with Crippen LogP contribution in [0.15, 0.2) is 42.5 Å². The number of aryl methyl sites for hydroxylation is 2. The fourth-order valence-corrected chi connectivity index (χ4v) is 2.74. The third-order valence-corrected chi connectivity index (χ3v) is 3.71. The van der Waals surface area contributed by atoms with Crippen LogP contribution in [0.1, 0.15) is 11.4 Å². The maximum atomic E-state index is 5.94. The minimum absolute atomic E-state index is 0.539. The Labute approximate surface area is 129 Å². The number of imidazole rings is 1. The van der Waals surface area contributed by atoms with Crippen molar-refractivity contribution in [2.75, 3.05) is 13.0 Å². The van der Waals surface area contributed by atoms with E-state index < -0.39 is 0 Å². The molecule has 0 unspecified atom stereocenters. The Kier molecular flexibility index (Phi) is 3.84. The van der Waals surface area contributed by atoms with E-state index >= 15 is 0 Å². The van der Waals surface area contributed by atoms with Crippen molar-refractivity contribution < 1.29 is 4.74 Å². The molecular formula is C17H17ClN2O. The molecule has 3 nitrogen and oxygen atoms in total. The molecule has 3 rings (SSSR count). The van der Waals surface area contributed by atoms with Crippen molar-refractivity contribution in [1.29, 1.82) is 0 Å². The van der Waals surface area contributed by atoms with Gasteiger partial charge in [-0.1, -0.05) is 18.2 Å². The summed E-state index contributed by atoms with van der Waals surface area (Å²) in [5.41, 5.74) is 4.26. The van der Waals surface area contributed by atoms with Gasteiger partial charge >= 0.3 is 0 Å². The predicted molar refractivity (Wildman–Crippen MR) is 86.8 cm³/mol. The van der Waals surface area contributed by atoms with Gasteiger partial charge in [-0.2, -0.15) is 0 Å². The van der Waals surface area contributed by atoms with Crippen LogP contribution in [-0.4, -0.2) is 22.5 Å². The quantitative estimate of drug-likeness (QED) is 0.678. The Morgan fingerprint density at radius 2 is 2.00 bits per heavy atom. The normalized spacial score (nSPS) is 11.0. The number of benzene rings is 2. The molecule has 3 aromatic rings. The first-order valence-corrected chi connectivity index (χ1v) is 7.45. The lowest BCUT2D eigenvalue weighted by atomic mass is 10.2. The fraction of sp³-hybridized carbons (Fsp3) is 0.235. The van der Waals surface area contributed by atoms with Crippen LogP contribution in [-0.2, 0) is 6.42 Å². The van der Waals surface area contributed by atoms with Crippen molar-refractivity contribution in [2.24, 2.45) is 0 Å². The van der Waals surface area contributed by atoms with Gasteiger partial charge in [-0.05, 0) is 36.8 Å². The molecule has 0 atom stereocenters. The average Bonchev–Trinajstić information content (AvgIpc) is 2.84. The van der Waals surface area contributed by atoms with Gasteiger partial charge in [-0.3, -0.25) is 4.57 Å². The van der Waals surface area contributed by atoms with Gasteiger partial charge in [0.2, 0.25) is 0 Å². The third kappa shape index (κ3) is 2.49. The highest BCUT2D eigenvalue weighted by molar-refractivity contribution is 6.17. The van der Waals surface area contributed by atoms with Gasteiger partial charge in [-0.25, -0.2) is 4.98 Å². The number of rotatable bonds is 4. The van der Waals surface area contributed by atoms with Crippen molar-refractivity contribution in [1.82, 2.24) is 9.55 Å². The van der Waals surface area contributed by atoms with Gasteiger partial charge in [0.25, 0.3) is 0 Å². The van der Waals surface area contributed by atoms with E-state index in [1.807, 2.05) is 30.3 Å². The fourth-order valence-electron chi connectivity index (χ4n) is 2.57. The Hall–Kier alpha value is -2.00. The zero-order valence-electron chi connectivity index (χ0n) is 12.1. The number of aromatic nitrogens is 2. The van der Waals surface area contributed by atoms with Crippen molar-refractivity contribution in [3.8, 4) is 11.4 Å². The van der Waals surface area contributed by atoms with Crippen LogP contribution >= 0.6 is 11.6 Å². The second-order valence-electron chi connectivity index (χ2n) is 4.97. The number of halogens is 1. The van der Waals surface area contributed by atoms with Crippen LogP contribution in [0.25, 0.3) is 16.7 Å². The number of alkyl halides is 1. The number of methoxy groups -OCH3 is 1. The Morgan fingerprint density at radius 3 is 2.76 bits per heavy atom. The Morgan fingerprint density at radius 1 is 1.19 bits per heavy atom. The third-order valence-electron chi connectivity index (χ3n) is 3.52. The summed E-state index contributed by atoms with van der Waals surface area (Å²) in [6.07, 6.45) is 0.716. The van der Waals surface area contributed by atoms with Crippen LogP contribution in [0.4, 0.5) is 0 Å². The zero-order chi connectivity index (χ0) is 14.8. The highest BCUT2D eigenvalue weighted by atomic mass is 35.5. The molecule has 0 N–H and O–H groups in total. The van der Waals surface area contributed by atoms with Crippen molar-refractivity contribution >= 4 is 22.6 Å². The zero-order valence-corrected chi connectivity index (χ0v) is 12.9. The van der Waals surface area contributed by atoms with Gasteiger partial charge in [0.05, 0.1) is 23.8 Å². The summed E-state index contributed by atoms with van der Waals surface area (Å²) in [5, 5.41) is 0. The molecule has 0 aliphatic heterocycles. The molecule has 21 heavy (non-hydrogen) atoms. The Bertz CT molecular complexity index is 780. The molecule has 0 radical (unpaired) electrons. The first-order valence-electron chi connectivity index (χ1n) is 6.92.